The summed E-state index contributed by atoms with van der Waals surface area (Å²) in [5.74, 6) is 0.236. The maximum Gasteiger partial charge on any atom is 0.293 e. The minimum Gasteiger partial charge on any atom is -0.365 e. The van der Waals surface area contributed by atoms with Crippen molar-refractivity contribution in [2.45, 2.75) is 52.6 Å². The van der Waals surface area contributed by atoms with Crippen molar-refractivity contribution in [1.82, 2.24) is 14.9 Å². The highest BCUT2D eigenvalue weighted by Gasteiger charge is 2.16. The fourth-order valence-corrected chi connectivity index (χ4v) is 1.75. The second-order valence-electron chi connectivity index (χ2n) is 6.02. The molecule has 20 heavy (non-hydrogen) atoms. The maximum absolute atomic E-state index is 12.2. The van der Waals surface area contributed by atoms with Crippen LogP contribution < -0.4 is 16.2 Å². The molecule has 1 aromatic rings. The first-order chi connectivity index (χ1) is 9.21. The average molecular weight is 280 g/mol. The number of nitrogens with zero attached hydrogens (tertiary/aromatic N) is 2. The van der Waals surface area contributed by atoms with Crippen molar-refractivity contribution in [2.75, 3.05) is 11.9 Å². The summed E-state index contributed by atoms with van der Waals surface area (Å²) in [4.78, 5) is 27.7. The standard InChI is InChI=1S/C14H24N4O2/c1-10(2)17-11(19)6-7-15-12-13(20)18(9-8-16-12)14(3,4)5/h8-10H,6-7H2,1-5H3,(H,15,16)(H,17,19). The van der Waals surface area contributed by atoms with Crippen LogP contribution in [0.3, 0.4) is 0 Å². The highest BCUT2D eigenvalue weighted by molar-refractivity contribution is 5.76. The minimum atomic E-state index is -0.300. The predicted octanol–water partition coefficient (Wildman–Crippen LogP) is 1.32. The molecule has 0 unspecified atom stereocenters. The van der Waals surface area contributed by atoms with Crippen LogP contribution in [0.1, 0.15) is 41.0 Å². The van der Waals surface area contributed by atoms with Crippen LogP contribution in [0, 0.1) is 0 Å². The van der Waals surface area contributed by atoms with Gasteiger partial charge in [-0.25, -0.2) is 4.98 Å². The maximum atomic E-state index is 12.2. The van der Waals surface area contributed by atoms with Crippen LogP contribution in [0.5, 0.6) is 0 Å². The van der Waals surface area contributed by atoms with Crippen LogP contribution in [0.15, 0.2) is 17.2 Å². The number of aromatic nitrogens is 2. The molecule has 2 N–H and O–H groups in total. The van der Waals surface area contributed by atoms with Crippen LogP contribution in [-0.2, 0) is 10.3 Å². The average Bonchev–Trinajstić information content (AvgIpc) is 2.28. The molecule has 6 nitrogen and oxygen atoms in total. The van der Waals surface area contributed by atoms with Crippen LogP contribution in [0.2, 0.25) is 0 Å². The van der Waals surface area contributed by atoms with Gasteiger partial charge < -0.3 is 15.2 Å². The SMILES string of the molecule is CC(C)NC(=O)CCNc1nccn(C(C)(C)C)c1=O. The molecule has 6 heteroatoms. The number of carbonyl (C=O) groups is 1. The van der Waals surface area contributed by atoms with Crippen molar-refractivity contribution in [3.05, 3.63) is 22.7 Å². The van der Waals surface area contributed by atoms with Crippen LogP contribution in [0.4, 0.5) is 5.82 Å². The van der Waals surface area contributed by atoms with Gasteiger partial charge in [-0.15, -0.1) is 0 Å². The normalized spacial score (nSPS) is 11.5. The van der Waals surface area contributed by atoms with E-state index in [1.54, 1.807) is 17.0 Å². The second kappa shape index (κ2) is 6.54. The summed E-state index contributed by atoms with van der Waals surface area (Å²) in [7, 11) is 0. The lowest BCUT2D eigenvalue weighted by Gasteiger charge is -2.22. The van der Waals surface area contributed by atoms with E-state index in [0.717, 1.165) is 0 Å². The molecular formula is C14H24N4O2. The third kappa shape index (κ3) is 4.68. The molecule has 0 aliphatic rings. The number of hydrogen-bond donors (Lipinski definition) is 2. The van der Waals surface area contributed by atoms with E-state index in [2.05, 4.69) is 15.6 Å². The number of anilines is 1. The zero-order valence-electron chi connectivity index (χ0n) is 12.9. The number of carbonyl (C=O) groups excluding carboxylic acids is 1. The summed E-state index contributed by atoms with van der Waals surface area (Å²) in [5, 5.41) is 5.72. The molecule has 0 fully saturated rings. The van der Waals surface area contributed by atoms with Gasteiger partial charge in [-0.2, -0.15) is 0 Å². The Hall–Kier alpha value is -1.85. The summed E-state index contributed by atoms with van der Waals surface area (Å²) < 4.78 is 1.62. The molecule has 1 aromatic heterocycles. The van der Waals surface area contributed by atoms with Gasteiger partial charge in [0.2, 0.25) is 5.91 Å². The second-order valence-corrected chi connectivity index (χ2v) is 6.02. The first kappa shape index (κ1) is 16.2. The van der Waals surface area contributed by atoms with Gasteiger partial charge >= 0.3 is 0 Å². The molecule has 112 valence electrons. The molecule has 0 saturated heterocycles. The highest BCUT2D eigenvalue weighted by Crippen LogP contribution is 2.10. The largest absolute Gasteiger partial charge is 0.365 e. The van der Waals surface area contributed by atoms with E-state index >= 15 is 0 Å². The third-order valence-corrected chi connectivity index (χ3v) is 2.66. The molecule has 0 aliphatic carbocycles. The fraction of sp³-hybridized carbons (Fsp3) is 0.643. The van der Waals surface area contributed by atoms with E-state index in [0.29, 0.717) is 13.0 Å². The Balaban J connectivity index is 2.66. The quantitative estimate of drug-likeness (QED) is 0.853. The highest BCUT2D eigenvalue weighted by atomic mass is 16.1. The lowest BCUT2D eigenvalue weighted by atomic mass is 10.1. The fourth-order valence-electron chi connectivity index (χ4n) is 1.75. The summed E-state index contributed by atoms with van der Waals surface area (Å²) in [6, 6.07) is 0.121. The smallest absolute Gasteiger partial charge is 0.293 e. The molecule has 0 spiro atoms. The summed E-state index contributed by atoms with van der Waals surface area (Å²) >= 11 is 0. The molecule has 0 radical (unpaired) electrons. The molecule has 1 amide bonds. The van der Waals surface area contributed by atoms with Crippen LogP contribution >= 0.6 is 0 Å². The Bertz CT molecular complexity index is 515. The van der Waals surface area contributed by atoms with Gasteiger partial charge in [-0.3, -0.25) is 9.59 Å². The van der Waals surface area contributed by atoms with E-state index in [4.69, 9.17) is 0 Å². The monoisotopic (exact) mass is 280 g/mol. The topological polar surface area (TPSA) is 76.0 Å². The predicted molar refractivity (Wildman–Crippen MR) is 79.9 cm³/mol. The van der Waals surface area contributed by atoms with E-state index in [1.807, 2.05) is 34.6 Å². The zero-order chi connectivity index (χ0) is 15.3. The van der Waals surface area contributed by atoms with Gasteiger partial charge in [0.05, 0.1) is 0 Å². The first-order valence-corrected chi connectivity index (χ1v) is 6.83. The molecule has 0 bridgehead atoms. The van der Waals surface area contributed by atoms with Gasteiger partial charge in [-0.05, 0) is 34.6 Å². The van der Waals surface area contributed by atoms with Gasteiger partial charge in [0.15, 0.2) is 5.82 Å². The lowest BCUT2D eigenvalue weighted by molar-refractivity contribution is -0.121. The number of nitrogens with one attached hydrogen (secondary N) is 2. The Labute approximate surface area is 119 Å². The van der Waals surface area contributed by atoms with Crippen LogP contribution in [-0.4, -0.2) is 28.0 Å². The van der Waals surface area contributed by atoms with Crippen molar-refractivity contribution >= 4 is 11.7 Å². The molecule has 0 saturated carbocycles. The third-order valence-electron chi connectivity index (χ3n) is 2.66. The minimum absolute atomic E-state index is 0.0421. The van der Waals surface area contributed by atoms with E-state index in [9.17, 15) is 9.59 Å². The summed E-state index contributed by atoms with van der Waals surface area (Å²) in [6.07, 6.45) is 3.56. The summed E-state index contributed by atoms with van der Waals surface area (Å²) in [5.41, 5.74) is -0.477. The lowest BCUT2D eigenvalue weighted by Crippen LogP contribution is -2.36. The van der Waals surface area contributed by atoms with E-state index < -0.39 is 0 Å². The van der Waals surface area contributed by atoms with E-state index in [1.165, 1.54) is 0 Å². The van der Waals surface area contributed by atoms with Crippen molar-refractivity contribution in [1.29, 1.82) is 0 Å². The summed E-state index contributed by atoms with van der Waals surface area (Å²) in [6.45, 7) is 10.1. The van der Waals surface area contributed by atoms with E-state index in [-0.39, 0.29) is 28.9 Å². The molecule has 0 aromatic carbocycles. The Morgan fingerprint density at radius 3 is 2.60 bits per heavy atom. The van der Waals surface area contributed by atoms with Crippen molar-refractivity contribution < 1.29 is 4.79 Å². The van der Waals surface area contributed by atoms with Crippen molar-refractivity contribution in [2.24, 2.45) is 0 Å². The van der Waals surface area contributed by atoms with Gasteiger partial charge in [0.1, 0.15) is 0 Å². The van der Waals surface area contributed by atoms with Crippen molar-refractivity contribution in [3.63, 3.8) is 0 Å². The van der Waals surface area contributed by atoms with Crippen LogP contribution in [0.25, 0.3) is 0 Å². The van der Waals surface area contributed by atoms with Gasteiger partial charge in [0, 0.05) is 36.9 Å². The Morgan fingerprint density at radius 1 is 1.40 bits per heavy atom. The number of amides is 1. The zero-order valence-corrected chi connectivity index (χ0v) is 12.9. The molecule has 1 rings (SSSR count). The van der Waals surface area contributed by atoms with Crippen molar-refractivity contribution in [3.8, 4) is 0 Å². The Morgan fingerprint density at radius 2 is 2.05 bits per heavy atom. The van der Waals surface area contributed by atoms with Gasteiger partial charge in [-0.1, -0.05) is 0 Å². The number of rotatable bonds is 5. The molecule has 0 atom stereocenters. The molecule has 0 aliphatic heterocycles. The molecule has 1 heterocycles. The number of hydrogen-bond acceptors (Lipinski definition) is 4. The Kier molecular flexibility index (Phi) is 5.30. The first-order valence-electron chi connectivity index (χ1n) is 6.83. The molecular weight excluding hydrogens is 256 g/mol. The van der Waals surface area contributed by atoms with Gasteiger partial charge in [0.25, 0.3) is 5.56 Å².